The van der Waals surface area contributed by atoms with E-state index in [0.717, 1.165) is 42.2 Å². The fourth-order valence-electron chi connectivity index (χ4n) is 3.07. The highest BCUT2D eigenvalue weighted by molar-refractivity contribution is 9.10. The topological polar surface area (TPSA) is 67.7 Å². The van der Waals surface area contributed by atoms with Crippen LogP contribution in [-0.4, -0.2) is 32.6 Å². The number of aromatic nitrogens is 4. The summed E-state index contributed by atoms with van der Waals surface area (Å²) in [7, 11) is 0. The standard InChI is InChI=1S/C21H21BrN6/c1-2-23-18-17-19(28(20(22)25-17)16-11-7-4-8-12-16)27-21(26-18)24-14-13-15-9-5-3-6-10-15/h3-12H,2,13-14H2,1H3,(H2,23,24,26,27). The molecule has 7 heteroatoms. The molecule has 2 aromatic heterocycles. The molecule has 0 fully saturated rings. The lowest BCUT2D eigenvalue weighted by Crippen LogP contribution is -2.11. The monoisotopic (exact) mass is 436 g/mol. The number of anilines is 2. The Bertz CT molecular complexity index is 1060. The van der Waals surface area contributed by atoms with E-state index in [1.165, 1.54) is 5.56 Å². The Morgan fingerprint density at radius 1 is 0.893 bits per heavy atom. The number of nitrogens with one attached hydrogen (secondary N) is 2. The fraction of sp³-hybridized carbons (Fsp3) is 0.190. The molecule has 0 aliphatic rings. The zero-order chi connectivity index (χ0) is 19.3. The first-order valence-corrected chi connectivity index (χ1v) is 10.1. The van der Waals surface area contributed by atoms with Crippen LogP contribution in [0.3, 0.4) is 0 Å². The summed E-state index contributed by atoms with van der Waals surface area (Å²) >= 11 is 3.58. The Morgan fingerprint density at radius 2 is 1.61 bits per heavy atom. The smallest absolute Gasteiger partial charge is 0.226 e. The van der Waals surface area contributed by atoms with Crippen molar-refractivity contribution in [2.45, 2.75) is 13.3 Å². The van der Waals surface area contributed by atoms with Crippen LogP contribution in [0.15, 0.2) is 65.4 Å². The van der Waals surface area contributed by atoms with Gasteiger partial charge in [-0.05, 0) is 47.0 Å². The predicted molar refractivity (Wildman–Crippen MR) is 117 cm³/mol. The number of fused-ring (bicyclic) bond motifs is 1. The predicted octanol–water partition coefficient (Wildman–Crippen LogP) is 4.66. The molecule has 28 heavy (non-hydrogen) atoms. The third kappa shape index (κ3) is 3.84. The summed E-state index contributed by atoms with van der Waals surface area (Å²) in [6.45, 7) is 3.55. The second-order valence-electron chi connectivity index (χ2n) is 6.31. The summed E-state index contributed by atoms with van der Waals surface area (Å²) in [5, 5.41) is 6.66. The second-order valence-corrected chi connectivity index (χ2v) is 7.02. The van der Waals surface area contributed by atoms with Crippen molar-refractivity contribution in [1.29, 1.82) is 0 Å². The van der Waals surface area contributed by atoms with Crippen molar-refractivity contribution in [2.24, 2.45) is 0 Å². The lowest BCUT2D eigenvalue weighted by atomic mass is 10.1. The van der Waals surface area contributed by atoms with Gasteiger partial charge < -0.3 is 10.6 Å². The van der Waals surface area contributed by atoms with E-state index in [4.69, 9.17) is 4.98 Å². The highest BCUT2D eigenvalue weighted by Crippen LogP contribution is 2.28. The van der Waals surface area contributed by atoms with Gasteiger partial charge in [0.05, 0.1) is 0 Å². The Hall–Kier alpha value is -2.93. The third-order valence-electron chi connectivity index (χ3n) is 4.36. The number of para-hydroxylation sites is 1. The Kier molecular flexibility index (Phi) is 5.53. The molecular weight excluding hydrogens is 416 g/mol. The molecule has 0 saturated heterocycles. The van der Waals surface area contributed by atoms with Gasteiger partial charge in [0, 0.05) is 18.8 Å². The molecule has 142 valence electrons. The largest absolute Gasteiger partial charge is 0.368 e. The van der Waals surface area contributed by atoms with Crippen LogP contribution < -0.4 is 10.6 Å². The zero-order valence-electron chi connectivity index (χ0n) is 15.6. The van der Waals surface area contributed by atoms with E-state index < -0.39 is 0 Å². The van der Waals surface area contributed by atoms with Gasteiger partial charge in [-0.15, -0.1) is 0 Å². The third-order valence-corrected chi connectivity index (χ3v) is 4.90. The van der Waals surface area contributed by atoms with Crippen LogP contribution in [0.25, 0.3) is 16.9 Å². The van der Waals surface area contributed by atoms with Gasteiger partial charge in [-0.3, -0.25) is 4.57 Å². The Labute approximate surface area is 172 Å². The molecule has 0 amide bonds. The van der Waals surface area contributed by atoms with Crippen LogP contribution in [0, 0.1) is 0 Å². The first-order valence-electron chi connectivity index (χ1n) is 9.29. The van der Waals surface area contributed by atoms with Crippen molar-refractivity contribution < 1.29 is 0 Å². The lowest BCUT2D eigenvalue weighted by molar-refractivity contribution is 0.978. The number of hydrogen-bond acceptors (Lipinski definition) is 5. The highest BCUT2D eigenvalue weighted by Gasteiger charge is 2.17. The summed E-state index contributed by atoms with van der Waals surface area (Å²) in [5.41, 5.74) is 3.77. The maximum atomic E-state index is 4.75. The van der Waals surface area contributed by atoms with E-state index in [1.54, 1.807) is 0 Å². The van der Waals surface area contributed by atoms with Crippen LogP contribution in [0.5, 0.6) is 0 Å². The number of benzene rings is 2. The van der Waals surface area contributed by atoms with Gasteiger partial charge in [0.1, 0.15) is 0 Å². The second kappa shape index (κ2) is 8.39. The zero-order valence-corrected chi connectivity index (χ0v) is 17.1. The average molecular weight is 437 g/mol. The summed E-state index contributed by atoms with van der Waals surface area (Å²) in [6, 6.07) is 20.4. The minimum absolute atomic E-state index is 0.587. The molecule has 2 aromatic carbocycles. The highest BCUT2D eigenvalue weighted by atomic mass is 79.9. The number of hydrogen-bond donors (Lipinski definition) is 2. The summed E-state index contributed by atoms with van der Waals surface area (Å²) < 4.78 is 2.68. The van der Waals surface area contributed by atoms with E-state index in [2.05, 4.69) is 60.8 Å². The van der Waals surface area contributed by atoms with E-state index >= 15 is 0 Å². The maximum absolute atomic E-state index is 4.75. The van der Waals surface area contributed by atoms with E-state index in [9.17, 15) is 0 Å². The van der Waals surface area contributed by atoms with Crippen molar-refractivity contribution in [3.05, 3.63) is 71.0 Å². The Morgan fingerprint density at radius 3 is 2.32 bits per heavy atom. The molecule has 0 radical (unpaired) electrons. The molecule has 6 nitrogen and oxygen atoms in total. The number of halogens is 1. The molecule has 4 aromatic rings. The molecule has 0 spiro atoms. The minimum atomic E-state index is 0.587. The van der Waals surface area contributed by atoms with Gasteiger partial charge >= 0.3 is 0 Å². The van der Waals surface area contributed by atoms with Gasteiger partial charge in [-0.1, -0.05) is 48.5 Å². The van der Waals surface area contributed by atoms with Crippen LogP contribution in [0.1, 0.15) is 12.5 Å². The van der Waals surface area contributed by atoms with Crippen LogP contribution in [-0.2, 0) is 6.42 Å². The molecule has 0 saturated carbocycles. The first kappa shape index (κ1) is 18.4. The lowest BCUT2D eigenvalue weighted by Gasteiger charge is -2.10. The van der Waals surface area contributed by atoms with Gasteiger partial charge in [-0.25, -0.2) is 4.98 Å². The van der Waals surface area contributed by atoms with Crippen molar-refractivity contribution in [1.82, 2.24) is 19.5 Å². The summed E-state index contributed by atoms with van der Waals surface area (Å²) in [4.78, 5) is 14.0. The summed E-state index contributed by atoms with van der Waals surface area (Å²) in [6.07, 6.45) is 0.903. The summed E-state index contributed by atoms with van der Waals surface area (Å²) in [5.74, 6) is 1.31. The molecule has 0 bridgehead atoms. The Balaban J connectivity index is 1.69. The van der Waals surface area contributed by atoms with Gasteiger partial charge in [0.25, 0.3) is 0 Å². The van der Waals surface area contributed by atoms with E-state index in [-0.39, 0.29) is 0 Å². The van der Waals surface area contributed by atoms with Crippen LogP contribution >= 0.6 is 15.9 Å². The van der Waals surface area contributed by atoms with Crippen molar-refractivity contribution in [3.63, 3.8) is 0 Å². The molecule has 2 heterocycles. The van der Waals surface area contributed by atoms with Crippen molar-refractivity contribution in [3.8, 4) is 5.69 Å². The molecule has 4 rings (SSSR count). The van der Waals surface area contributed by atoms with Gasteiger partial charge in [0.2, 0.25) is 5.95 Å². The molecular formula is C21H21BrN6. The minimum Gasteiger partial charge on any atom is -0.368 e. The quantitative estimate of drug-likeness (QED) is 0.412. The molecule has 2 N–H and O–H groups in total. The average Bonchev–Trinajstić information content (AvgIpc) is 3.06. The number of nitrogens with zero attached hydrogens (tertiary/aromatic N) is 4. The maximum Gasteiger partial charge on any atom is 0.226 e. The van der Waals surface area contributed by atoms with E-state index in [0.29, 0.717) is 10.7 Å². The SMILES string of the molecule is CCNc1nc(NCCc2ccccc2)nc2c1nc(Br)n2-c1ccccc1. The number of rotatable bonds is 7. The normalized spacial score (nSPS) is 10.9. The van der Waals surface area contributed by atoms with Crippen molar-refractivity contribution in [2.75, 3.05) is 23.7 Å². The van der Waals surface area contributed by atoms with Gasteiger partial charge in [0.15, 0.2) is 21.7 Å². The van der Waals surface area contributed by atoms with Crippen LogP contribution in [0.4, 0.5) is 11.8 Å². The first-order chi connectivity index (χ1) is 13.8. The van der Waals surface area contributed by atoms with Crippen molar-refractivity contribution >= 4 is 38.9 Å². The fourth-order valence-corrected chi connectivity index (χ4v) is 3.62. The molecule has 0 aliphatic carbocycles. The van der Waals surface area contributed by atoms with E-state index in [1.807, 2.05) is 47.9 Å². The molecule has 0 aliphatic heterocycles. The van der Waals surface area contributed by atoms with Crippen LogP contribution in [0.2, 0.25) is 0 Å². The molecule has 0 unspecified atom stereocenters. The molecule has 0 atom stereocenters. The number of imidazole rings is 1. The van der Waals surface area contributed by atoms with Gasteiger partial charge in [-0.2, -0.15) is 9.97 Å².